The van der Waals surface area contributed by atoms with Gasteiger partial charge in [-0.2, -0.15) is 0 Å². The number of hydrogen-bond donors (Lipinski definition) is 2. The van der Waals surface area contributed by atoms with Gasteiger partial charge in [0, 0.05) is 0 Å². The number of aliphatic hydroxyl groups excluding tert-OH is 2. The van der Waals surface area contributed by atoms with Crippen LogP contribution < -0.4 is 0 Å². The van der Waals surface area contributed by atoms with Crippen LogP contribution in [0.3, 0.4) is 0 Å². The summed E-state index contributed by atoms with van der Waals surface area (Å²) in [7, 11) is 0. The Balaban J connectivity index is 0. The van der Waals surface area contributed by atoms with Crippen molar-refractivity contribution in [1.82, 2.24) is 0 Å². The zero-order valence-electron chi connectivity index (χ0n) is 3.02. The average molecular weight is 274 g/mol. The van der Waals surface area contributed by atoms with E-state index in [2.05, 4.69) is 0 Å². The van der Waals surface area contributed by atoms with Crippen LogP contribution in [0.5, 0.6) is 0 Å². The molecule has 5 heavy (non-hydrogen) atoms. The average Bonchev–Trinajstić information content (AvgIpc) is 1.37. The Hall–Kier alpha value is 0.803. The molecule has 0 aromatic carbocycles. The van der Waals surface area contributed by atoms with Gasteiger partial charge in [-0.15, -0.1) is 0 Å². The molecule has 0 saturated carbocycles. The molecular weight excluding hydrogens is 265 g/mol. The van der Waals surface area contributed by atoms with Crippen LogP contribution in [0.15, 0.2) is 0 Å². The van der Waals surface area contributed by atoms with Crippen molar-refractivity contribution in [3.8, 4) is 0 Å². The van der Waals surface area contributed by atoms with Crippen molar-refractivity contribution in [2.24, 2.45) is 0 Å². The van der Waals surface area contributed by atoms with Crippen LogP contribution in [0.2, 0.25) is 0 Å². The van der Waals surface area contributed by atoms with Crippen molar-refractivity contribution in [3.63, 3.8) is 0 Å². The standard InChI is InChI=1S/C2H6O2.Bi.3H/c3-1-2-4;;;;/h3-4H,1-2H2;;;;. The first-order valence-corrected chi connectivity index (χ1v) is 1.13. The van der Waals surface area contributed by atoms with Gasteiger partial charge in [0.1, 0.15) is 0 Å². The molecule has 0 bridgehead atoms. The SMILES string of the molecule is OCCO.[BiH3]. The maximum atomic E-state index is 7.62. The fourth-order valence-corrected chi connectivity index (χ4v) is 0. The third kappa shape index (κ3) is 11.6. The molecule has 0 rings (SSSR count). The van der Waals surface area contributed by atoms with Gasteiger partial charge in [0.25, 0.3) is 0 Å². The summed E-state index contributed by atoms with van der Waals surface area (Å²) in [5.74, 6) is 0. The fourth-order valence-electron chi connectivity index (χ4n) is 0. The van der Waals surface area contributed by atoms with Crippen molar-refractivity contribution in [1.29, 1.82) is 0 Å². The van der Waals surface area contributed by atoms with E-state index in [1.165, 1.54) is 0 Å². The molecule has 0 spiro atoms. The summed E-state index contributed by atoms with van der Waals surface area (Å²) < 4.78 is 0. The summed E-state index contributed by atoms with van der Waals surface area (Å²) in [6, 6.07) is 0. The summed E-state index contributed by atoms with van der Waals surface area (Å²) in [4.78, 5) is 0. The van der Waals surface area contributed by atoms with E-state index in [4.69, 9.17) is 10.2 Å². The van der Waals surface area contributed by atoms with E-state index >= 15 is 0 Å². The zero-order chi connectivity index (χ0) is 3.41. The quantitative estimate of drug-likeness (QED) is 0.532. The van der Waals surface area contributed by atoms with E-state index in [1.54, 1.807) is 0 Å². The molecular formula is C2H9BiO2. The van der Waals surface area contributed by atoms with Gasteiger partial charge in [0.2, 0.25) is 0 Å². The van der Waals surface area contributed by atoms with Crippen LogP contribution >= 0.6 is 0 Å². The fraction of sp³-hybridized carbons (Fsp3) is 1.00. The summed E-state index contributed by atoms with van der Waals surface area (Å²) >= 11 is 0. The Morgan fingerprint density at radius 1 is 1.00 bits per heavy atom. The van der Waals surface area contributed by atoms with Gasteiger partial charge < -0.3 is 10.2 Å². The van der Waals surface area contributed by atoms with Crippen molar-refractivity contribution >= 4 is 26.2 Å². The molecule has 0 radical (unpaired) electrons. The van der Waals surface area contributed by atoms with E-state index < -0.39 is 0 Å². The van der Waals surface area contributed by atoms with Crippen molar-refractivity contribution in [3.05, 3.63) is 0 Å². The molecule has 34 valence electrons. The second-order valence-electron chi connectivity index (χ2n) is 0.447. The van der Waals surface area contributed by atoms with Crippen molar-refractivity contribution in [2.75, 3.05) is 13.2 Å². The first-order valence-electron chi connectivity index (χ1n) is 1.13. The molecule has 0 unspecified atom stereocenters. The zero-order valence-corrected chi connectivity index (χ0v) is 8.51. The third-order valence-corrected chi connectivity index (χ3v) is 0.1000. The molecule has 2 nitrogen and oxygen atoms in total. The predicted molar refractivity (Wildman–Crippen MR) is 24.1 cm³/mol. The van der Waals surface area contributed by atoms with Gasteiger partial charge in [-0.25, -0.2) is 0 Å². The van der Waals surface area contributed by atoms with Crippen LogP contribution in [0.4, 0.5) is 0 Å². The normalized spacial score (nSPS) is 6.00. The van der Waals surface area contributed by atoms with Gasteiger partial charge in [0.15, 0.2) is 0 Å². The Morgan fingerprint density at radius 2 is 1.20 bits per heavy atom. The van der Waals surface area contributed by atoms with E-state index in [0.717, 1.165) is 0 Å². The maximum absolute atomic E-state index is 7.62. The first-order chi connectivity index (χ1) is 1.91. The Labute approximate surface area is 49.9 Å². The number of aliphatic hydroxyl groups is 2. The summed E-state index contributed by atoms with van der Waals surface area (Å²) in [6.45, 7) is -0.250. The summed E-state index contributed by atoms with van der Waals surface area (Å²) in [5.41, 5.74) is 0. The second-order valence-corrected chi connectivity index (χ2v) is 0.447. The molecule has 0 fully saturated rings. The molecule has 0 amide bonds. The van der Waals surface area contributed by atoms with E-state index in [-0.39, 0.29) is 39.4 Å². The van der Waals surface area contributed by atoms with Crippen LogP contribution in [-0.2, 0) is 0 Å². The van der Waals surface area contributed by atoms with Gasteiger partial charge in [0.05, 0.1) is 13.2 Å². The Bertz CT molecular complexity index is 9.61. The third-order valence-electron chi connectivity index (χ3n) is 0.1000. The molecule has 0 aliphatic carbocycles. The molecule has 0 aliphatic rings. The van der Waals surface area contributed by atoms with Crippen LogP contribution in [0, 0.1) is 0 Å². The molecule has 0 aromatic heterocycles. The minimum absolute atomic E-state index is 0. The van der Waals surface area contributed by atoms with E-state index in [1.807, 2.05) is 0 Å². The summed E-state index contributed by atoms with van der Waals surface area (Å²) in [6.07, 6.45) is 0. The molecule has 0 heterocycles. The van der Waals surface area contributed by atoms with Crippen LogP contribution in [0.25, 0.3) is 0 Å². The van der Waals surface area contributed by atoms with Crippen molar-refractivity contribution < 1.29 is 10.2 Å². The number of rotatable bonds is 1. The molecule has 2 N–H and O–H groups in total. The monoisotopic (exact) mass is 274 g/mol. The minimum atomic E-state index is -0.125. The van der Waals surface area contributed by atoms with Crippen LogP contribution in [-0.4, -0.2) is 49.6 Å². The first kappa shape index (κ1) is 9.26. The van der Waals surface area contributed by atoms with Crippen LogP contribution in [0.1, 0.15) is 0 Å². The van der Waals surface area contributed by atoms with Crippen molar-refractivity contribution in [2.45, 2.75) is 0 Å². The van der Waals surface area contributed by atoms with Gasteiger partial charge in [-0.3, -0.25) is 0 Å². The van der Waals surface area contributed by atoms with E-state index in [9.17, 15) is 0 Å². The van der Waals surface area contributed by atoms with Gasteiger partial charge in [-0.1, -0.05) is 0 Å². The predicted octanol–water partition coefficient (Wildman–Crippen LogP) is -2.21. The van der Waals surface area contributed by atoms with Gasteiger partial charge in [-0.05, 0) is 0 Å². The van der Waals surface area contributed by atoms with Gasteiger partial charge >= 0.3 is 26.2 Å². The molecule has 0 atom stereocenters. The molecule has 0 saturated heterocycles. The Morgan fingerprint density at radius 3 is 1.20 bits per heavy atom. The van der Waals surface area contributed by atoms with E-state index in [0.29, 0.717) is 0 Å². The molecule has 0 aromatic rings. The topological polar surface area (TPSA) is 40.5 Å². The molecule has 0 aliphatic heterocycles. The number of hydrogen-bond acceptors (Lipinski definition) is 2. The summed E-state index contributed by atoms with van der Waals surface area (Å²) in [5, 5.41) is 15.2. The Kier molecular flexibility index (Phi) is 16.4. The second kappa shape index (κ2) is 8.84. The molecule has 3 heteroatoms.